The summed E-state index contributed by atoms with van der Waals surface area (Å²) in [4.78, 5) is 37.3. The van der Waals surface area contributed by atoms with E-state index in [2.05, 4.69) is 13.8 Å². The molecule has 3 fully saturated rings. The van der Waals surface area contributed by atoms with E-state index in [1.807, 2.05) is 6.08 Å². The summed E-state index contributed by atoms with van der Waals surface area (Å²) in [5, 5.41) is 0. The molecule has 178 valence electrons. The van der Waals surface area contributed by atoms with Gasteiger partial charge in [-0.15, -0.1) is 0 Å². The minimum Gasteiger partial charge on any atom is -0.431 e. The van der Waals surface area contributed by atoms with Gasteiger partial charge in [-0.25, -0.2) is 4.79 Å². The molecule has 32 heavy (non-hydrogen) atoms. The van der Waals surface area contributed by atoms with Crippen LogP contribution in [0.25, 0.3) is 0 Å². The molecular formula is C24H31Cl3O5. The quantitative estimate of drug-likeness (QED) is 0.343. The van der Waals surface area contributed by atoms with Crippen LogP contribution in [0.3, 0.4) is 0 Å². The number of carbonyl (C=O) groups is 3. The van der Waals surface area contributed by atoms with Crippen molar-refractivity contribution in [3.8, 4) is 0 Å². The number of hydrogen-bond donors (Lipinski definition) is 0. The molecule has 0 aliphatic heterocycles. The number of ether oxygens (including phenoxy) is 2. The molecule has 0 heterocycles. The Kier molecular flexibility index (Phi) is 6.44. The average Bonchev–Trinajstić information content (AvgIpc) is 3.03. The van der Waals surface area contributed by atoms with Gasteiger partial charge in [0.25, 0.3) is 0 Å². The van der Waals surface area contributed by atoms with E-state index in [9.17, 15) is 14.4 Å². The Morgan fingerprint density at radius 3 is 2.53 bits per heavy atom. The number of fused-ring (bicyclic) bond motifs is 5. The Balaban J connectivity index is 1.67. The number of allylic oxidation sites excluding steroid dienone is 2. The van der Waals surface area contributed by atoms with Gasteiger partial charge in [-0.2, -0.15) is 0 Å². The van der Waals surface area contributed by atoms with Crippen molar-refractivity contribution in [3.63, 3.8) is 0 Å². The summed E-state index contributed by atoms with van der Waals surface area (Å²) in [6, 6.07) is 0. The van der Waals surface area contributed by atoms with Crippen LogP contribution in [0, 0.1) is 40.4 Å². The molecular weight excluding hydrogens is 475 g/mol. The van der Waals surface area contributed by atoms with Crippen molar-refractivity contribution in [2.24, 2.45) is 40.4 Å². The van der Waals surface area contributed by atoms with E-state index >= 15 is 0 Å². The van der Waals surface area contributed by atoms with Gasteiger partial charge in [0.05, 0.1) is 0 Å². The van der Waals surface area contributed by atoms with Crippen LogP contribution in [0.1, 0.15) is 59.3 Å². The third kappa shape index (κ3) is 4.22. The third-order valence-corrected chi connectivity index (χ3v) is 9.37. The van der Waals surface area contributed by atoms with Crippen molar-refractivity contribution in [3.05, 3.63) is 12.2 Å². The number of hydrogen-bond acceptors (Lipinski definition) is 5. The minimum atomic E-state index is -1.72. The van der Waals surface area contributed by atoms with E-state index < -0.39 is 22.7 Å². The molecule has 0 saturated heterocycles. The molecule has 0 amide bonds. The molecule has 3 saturated carbocycles. The van der Waals surface area contributed by atoms with Crippen molar-refractivity contribution in [2.75, 3.05) is 6.61 Å². The van der Waals surface area contributed by atoms with Crippen molar-refractivity contribution < 1.29 is 23.9 Å². The summed E-state index contributed by atoms with van der Waals surface area (Å²) in [6.45, 7) is 5.65. The summed E-state index contributed by atoms with van der Waals surface area (Å²) in [5.41, 5.74) is -0.489. The second-order valence-corrected chi connectivity index (χ2v) is 13.2. The molecule has 0 bridgehead atoms. The number of carbonyl (C=O) groups excluding carboxylic acids is 3. The first-order chi connectivity index (χ1) is 14.8. The Morgan fingerprint density at radius 2 is 1.88 bits per heavy atom. The normalized spacial score (nSPS) is 43.1. The lowest BCUT2D eigenvalue weighted by Crippen LogP contribution is -2.59. The van der Waals surface area contributed by atoms with Crippen LogP contribution in [0.2, 0.25) is 0 Å². The summed E-state index contributed by atoms with van der Waals surface area (Å²) < 4.78 is 9.31. The summed E-state index contributed by atoms with van der Waals surface area (Å²) in [6.07, 6.45) is 7.38. The second kappa shape index (κ2) is 8.46. The van der Waals surface area contributed by atoms with Crippen LogP contribution in [0.15, 0.2) is 12.2 Å². The number of ketones is 2. The summed E-state index contributed by atoms with van der Waals surface area (Å²) in [7, 11) is 0. The van der Waals surface area contributed by atoms with Gasteiger partial charge < -0.3 is 9.47 Å². The molecule has 4 aliphatic rings. The van der Waals surface area contributed by atoms with Gasteiger partial charge in [-0.05, 0) is 73.7 Å². The Bertz CT molecular complexity index is 836. The maximum absolute atomic E-state index is 12.6. The van der Waals surface area contributed by atoms with Crippen molar-refractivity contribution >= 4 is 52.5 Å². The zero-order valence-electron chi connectivity index (χ0n) is 18.7. The van der Waals surface area contributed by atoms with Gasteiger partial charge in [0.2, 0.25) is 3.79 Å². The van der Waals surface area contributed by atoms with Gasteiger partial charge in [-0.1, -0.05) is 54.7 Å². The van der Waals surface area contributed by atoms with Gasteiger partial charge in [-0.3, -0.25) is 9.59 Å². The van der Waals surface area contributed by atoms with E-state index in [4.69, 9.17) is 44.3 Å². The van der Waals surface area contributed by atoms with Crippen LogP contribution in [-0.4, -0.2) is 34.2 Å². The summed E-state index contributed by atoms with van der Waals surface area (Å²) >= 11 is 17.2. The molecule has 4 rings (SSSR count). The fourth-order valence-electron chi connectivity index (χ4n) is 7.80. The molecule has 0 N–H and O–H groups in total. The smallest absolute Gasteiger partial charge is 0.431 e. The fraction of sp³-hybridized carbons (Fsp3) is 0.792. The van der Waals surface area contributed by atoms with E-state index in [1.165, 1.54) is 0 Å². The predicted octanol–water partition coefficient (Wildman–Crippen LogP) is 6.08. The molecule has 0 aromatic rings. The van der Waals surface area contributed by atoms with Crippen molar-refractivity contribution in [1.82, 2.24) is 0 Å². The van der Waals surface area contributed by atoms with E-state index in [1.54, 1.807) is 13.0 Å². The average molecular weight is 506 g/mol. The van der Waals surface area contributed by atoms with Crippen LogP contribution in [-0.2, 0) is 19.1 Å². The highest BCUT2D eigenvalue weighted by Gasteiger charge is 2.64. The van der Waals surface area contributed by atoms with Gasteiger partial charge >= 0.3 is 6.16 Å². The highest BCUT2D eigenvalue weighted by molar-refractivity contribution is 6.67. The third-order valence-electron chi connectivity index (χ3n) is 9.04. The largest absolute Gasteiger partial charge is 0.508 e. The van der Waals surface area contributed by atoms with Gasteiger partial charge in [0.1, 0.15) is 18.5 Å². The standard InChI is InChI=1S/C24H31Cl3O5/c1-13(28)17-6-7-18-16-5-4-14-10-15(29)8-9-22(14,2)20(16)19(11-23(17,18)3)32-21(30)31-12-24(25,26)27/h8-9,14,16-20H,4-7,10-12H2,1-3H3/t14?,16-,17+,18-,19?,20+,22-,23+/m0/s1. The lowest BCUT2D eigenvalue weighted by molar-refractivity contribution is -0.160. The topological polar surface area (TPSA) is 69.7 Å². The maximum atomic E-state index is 12.6. The first-order valence-electron chi connectivity index (χ1n) is 11.5. The molecule has 0 aromatic heterocycles. The number of rotatable bonds is 3. The maximum Gasteiger partial charge on any atom is 0.508 e. The number of alkyl halides is 3. The lowest BCUT2D eigenvalue weighted by Gasteiger charge is -2.60. The second-order valence-electron chi connectivity index (χ2n) is 10.7. The summed E-state index contributed by atoms with van der Waals surface area (Å²) in [5.74, 6) is 1.29. The SMILES string of the molecule is CC(=O)[C@H]1CC[C@H]2[C@@H]3CCC4CC(=O)C=C[C@]4(C)[C@H]3C(OC(=O)OCC(Cl)(Cl)Cl)C[C@]12C. The van der Waals surface area contributed by atoms with Crippen molar-refractivity contribution in [1.29, 1.82) is 0 Å². The van der Waals surface area contributed by atoms with Crippen LogP contribution in [0.5, 0.6) is 0 Å². The van der Waals surface area contributed by atoms with E-state index in [0.717, 1.165) is 25.7 Å². The monoisotopic (exact) mass is 504 g/mol. The first kappa shape index (κ1) is 24.3. The molecule has 8 heteroatoms. The zero-order valence-corrected chi connectivity index (χ0v) is 21.0. The van der Waals surface area contributed by atoms with Crippen LogP contribution >= 0.6 is 34.8 Å². The molecule has 0 aromatic carbocycles. The Morgan fingerprint density at radius 1 is 1.16 bits per heavy atom. The Labute approximate surface area is 204 Å². The highest BCUT2D eigenvalue weighted by atomic mass is 35.6. The zero-order chi connectivity index (χ0) is 23.5. The van der Waals surface area contributed by atoms with E-state index in [0.29, 0.717) is 24.7 Å². The highest BCUT2D eigenvalue weighted by Crippen LogP contribution is 2.67. The Hall–Kier alpha value is -0.780. The molecule has 0 spiro atoms. The number of Topliss-reactive ketones (excluding diaryl/α,β-unsaturated/α-hetero) is 1. The van der Waals surface area contributed by atoms with Crippen molar-refractivity contribution in [2.45, 2.75) is 69.2 Å². The molecule has 4 aliphatic carbocycles. The molecule has 5 nitrogen and oxygen atoms in total. The molecule has 2 unspecified atom stereocenters. The van der Waals surface area contributed by atoms with Gasteiger partial charge in [0.15, 0.2) is 5.78 Å². The van der Waals surface area contributed by atoms with E-state index in [-0.39, 0.29) is 40.2 Å². The minimum absolute atomic E-state index is 0.0363. The fourth-order valence-corrected chi connectivity index (χ4v) is 7.96. The molecule has 8 atom stereocenters. The number of halogens is 3. The predicted molar refractivity (Wildman–Crippen MR) is 123 cm³/mol. The first-order valence-corrected chi connectivity index (χ1v) is 12.6. The van der Waals surface area contributed by atoms with Gasteiger partial charge in [0, 0.05) is 18.3 Å². The molecule has 0 radical (unpaired) electrons. The van der Waals surface area contributed by atoms with Crippen LogP contribution in [0.4, 0.5) is 4.79 Å². The lowest BCUT2D eigenvalue weighted by atomic mass is 9.45. The van der Waals surface area contributed by atoms with Crippen LogP contribution < -0.4 is 0 Å².